The lowest BCUT2D eigenvalue weighted by Crippen LogP contribution is -2.22. The third-order valence-corrected chi connectivity index (χ3v) is 7.87. The average Bonchev–Trinajstić information content (AvgIpc) is 3.09. The van der Waals surface area contributed by atoms with E-state index in [4.69, 9.17) is 4.98 Å². The molecule has 0 amide bonds. The number of rotatable bonds is 7. The SMILES string of the molecule is CCCn1c(CSc2ccnc3ccccc23)nc2cc(S(=O)(=O)N(C)C)ccc21. The minimum Gasteiger partial charge on any atom is -0.327 e. The molecule has 0 aliphatic heterocycles. The first-order valence-corrected chi connectivity index (χ1v) is 12.2. The average molecular weight is 441 g/mol. The molecular weight excluding hydrogens is 416 g/mol. The topological polar surface area (TPSA) is 68.1 Å². The second kappa shape index (κ2) is 8.37. The van der Waals surface area contributed by atoms with Gasteiger partial charge in [0.25, 0.3) is 0 Å². The Kier molecular flexibility index (Phi) is 5.81. The number of fused-ring (bicyclic) bond motifs is 2. The molecule has 4 aromatic rings. The lowest BCUT2D eigenvalue weighted by molar-refractivity contribution is 0.521. The van der Waals surface area contributed by atoms with Crippen molar-refractivity contribution in [2.75, 3.05) is 14.1 Å². The molecule has 0 N–H and O–H groups in total. The van der Waals surface area contributed by atoms with Gasteiger partial charge in [-0.05, 0) is 36.8 Å². The smallest absolute Gasteiger partial charge is 0.242 e. The van der Waals surface area contributed by atoms with Crippen molar-refractivity contribution in [3.05, 3.63) is 60.6 Å². The molecule has 0 aliphatic carbocycles. The van der Waals surface area contributed by atoms with E-state index in [1.54, 1.807) is 23.9 Å². The molecule has 4 rings (SSSR count). The van der Waals surface area contributed by atoms with Gasteiger partial charge in [-0.1, -0.05) is 25.1 Å². The summed E-state index contributed by atoms with van der Waals surface area (Å²) in [6.45, 7) is 2.97. The van der Waals surface area contributed by atoms with Crippen molar-refractivity contribution in [3.8, 4) is 0 Å². The summed E-state index contributed by atoms with van der Waals surface area (Å²) in [4.78, 5) is 10.7. The van der Waals surface area contributed by atoms with Crippen LogP contribution in [0.15, 0.2) is 64.5 Å². The predicted octanol–water partition coefficient (Wildman–Crippen LogP) is 4.54. The van der Waals surface area contributed by atoms with Crippen LogP contribution < -0.4 is 0 Å². The molecule has 8 heteroatoms. The van der Waals surface area contributed by atoms with Gasteiger partial charge in [0.05, 0.1) is 27.2 Å². The first-order valence-electron chi connectivity index (χ1n) is 9.80. The van der Waals surface area contributed by atoms with Gasteiger partial charge in [-0.3, -0.25) is 4.98 Å². The molecule has 6 nitrogen and oxygen atoms in total. The van der Waals surface area contributed by atoms with Crippen LogP contribution in [-0.2, 0) is 22.3 Å². The van der Waals surface area contributed by atoms with Crippen LogP contribution in [0.1, 0.15) is 19.2 Å². The molecule has 0 unspecified atom stereocenters. The second-order valence-corrected chi connectivity index (χ2v) is 10.4. The van der Waals surface area contributed by atoms with Crippen LogP contribution in [0.3, 0.4) is 0 Å². The maximum absolute atomic E-state index is 12.5. The first kappa shape index (κ1) is 20.8. The van der Waals surface area contributed by atoms with Crippen LogP contribution in [-0.4, -0.2) is 41.4 Å². The van der Waals surface area contributed by atoms with E-state index in [0.717, 1.165) is 40.1 Å². The van der Waals surface area contributed by atoms with Crippen LogP contribution in [0.2, 0.25) is 0 Å². The molecule has 2 aromatic carbocycles. The summed E-state index contributed by atoms with van der Waals surface area (Å²) in [7, 11) is -0.416. The van der Waals surface area contributed by atoms with Crippen molar-refractivity contribution < 1.29 is 8.42 Å². The number of aryl methyl sites for hydroxylation is 1. The number of hydrogen-bond donors (Lipinski definition) is 0. The zero-order valence-electron chi connectivity index (χ0n) is 17.2. The van der Waals surface area contributed by atoms with Gasteiger partial charge in [-0.15, -0.1) is 11.8 Å². The number of pyridine rings is 1. The fourth-order valence-electron chi connectivity index (χ4n) is 3.45. The third kappa shape index (κ3) is 3.82. The van der Waals surface area contributed by atoms with Crippen molar-refractivity contribution in [1.82, 2.24) is 18.8 Å². The monoisotopic (exact) mass is 440 g/mol. The zero-order valence-corrected chi connectivity index (χ0v) is 18.9. The number of thioether (sulfide) groups is 1. The Balaban J connectivity index is 1.71. The summed E-state index contributed by atoms with van der Waals surface area (Å²) in [6, 6.07) is 15.3. The summed E-state index contributed by atoms with van der Waals surface area (Å²) in [5.41, 5.74) is 2.65. The summed E-state index contributed by atoms with van der Waals surface area (Å²) in [6.07, 6.45) is 2.80. The number of imidazole rings is 1. The third-order valence-electron chi connectivity index (χ3n) is 4.99. The molecule has 2 heterocycles. The molecule has 0 fully saturated rings. The number of hydrogen-bond acceptors (Lipinski definition) is 5. The van der Waals surface area contributed by atoms with Gasteiger partial charge < -0.3 is 4.57 Å². The van der Waals surface area contributed by atoms with Crippen LogP contribution in [0.5, 0.6) is 0 Å². The van der Waals surface area contributed by atoms with Crippen molar-refractivity contribution in [3.63, 3.8) is 0 Å². The maximum Gasteiger partial charge on any atom is 0.242 e. The summed E-state index contributed by atoms with van der Waals surface area (Å²) >= 11 is 1.72. The highest BCUT2D eigenvalue weighted by molar-refractivity contribution is 7.98. The summed E-state index contributed by atoms with van der Waals surface area (Å²) < 4.78 is 28.4. The molecule has 0 radical (unpaired) electrons. The van der Waals surface area contributed by atoms with Gasteiger partial charge in [-0.25, -0.2) is 17.7 Å². The van der Waals surface area contributed by atoms with Crippen LogP contribution >= 0.6 is 11.8 Å². The van der Waals surface area contributed by atoms with E-state index in [-0.39, 0.29) is 4.90 Å². The standard InChI is InChI=1S/C22H24N4O2S2/c1-4-13-26-20-10-9-16(30(27,28)25(2)3)14-19(20)24-22(26)15-29-21-11-12-23-18-8-6-5-7-17(18)21/h5-12,14H,4,13,15H2,1-3H3. The lowest BCUT2D eigenvalue weighted by atomic mass is 10.2. The van der Waals surface area contributed by atoms with Crippen molar-refractivity contribution in [2.24, 2.45) is 0 Å². The molecular formula is C22H24N4O2S2. The van der Waals surface area contributed by atoms with Gasteiger partial charge in [0.2, 0.25) is 10.0 Å². The van der Waals surface area contributed by atoms with Gasteiger partial charge >= 0.3 is 0 Å². The minimum atomic E-state index is -3.49. The Bertz CT molecular complexity index is 1310. The highest BCUT2D eigenvalue weighted by Crippen LogP contribution is 2.31. The lowest BCUT2D eigenvalue weighted by Gasteiger charge is -2.11. The Morgan fingerprint density at radius 1 is 1.07 bits per heavy atom. The van der Waals surface area contributed by atoms with E-state index >= 15 is 0 Å². The number of benzene rings is 2. The van der Waals surface area contributed by atoms with Gasteiger partial charge in [0.15, 0.2) is 0 Å². The number of nitrogens with zero attached hydrogens (tertiary/aromatic N) is 4. The summed E-state index contributed by atoms with van der Waals surface area (Å²) in [5.74, 6) is 1.63. The Labute approximate surface area is 181 Å². The van der Waals surface area contributed by atoms with Crippen LogP contribution in [0.25, 0.3) is 21.9 Å². The molecule has 0 saturated heterocycles. The Morgan fingerprint density at radius 3 is 2.63 bits per heavy atom. The highest BCUT2D eigenvalue weighted by atomic mass is 32.2. The van der Waals surface area contributed by atoms with E-state index in [1.165, 1.54) is 18.4 Å². The minimum absolute atomic E-state index is 0.264. The zero-order chi connectivity index (χ0) is 21.3. The molecule has 0 aliphatic rings. The van der Waals surface area contributed by atoms with E-state index in [9.17, 15) is 8.42 Å². The van der Waals surface area contributed by atoms with Crippen molar-refractivity contribution in [1.29, 1.82) is 0 Å². The number of aromatic nitrogens is 3. The Hall–Kier alpha value is -2.42. The fraction of sp³-hybridized carbons (Fsp3) is 0.273. The van der Waals surface area contributed by atoms with Crippen LogP contribution in [0, 0.1) is 0 Å². The van der Waals surface area contributed by atoms with Crippen LogP contribution in [0.4, 0.5) is 0 Å². The van der Waals surface area contributed by atoms with Gasteiger partial charge in [0, 0.05) is 37.1 Å². The predicted molar refractivity (Wildman–Crippen MR) is 122 cm³/mol. The van der Waals surface area contributed by atoms with E-state index in [1.807, 2.05) is 36.5 Å². The largest absolute Gasteiger partial charge is 0.327 e. The molecule has 0 atom stereocenters. The molecule has 0 bridgehead atoms. The van der Waals surface area contributed by atoms with Gasteiger partial charge in [0.1, 0.15) is 5.82 Å². The molecule has 156 valence electrons. The van der Waals surface area contributed by atoms with E-state index < -0.39 is 10.0 Å². The normalized spacial score (nSPS) is 12.3. The summed E-state index contributed by atoms with van der Waals surface area (Å²) in [5, 5.41) is 1.13. The van der Waals surface area contributed by atoms with Crippen molar-refractivity contribution in [2.45, 2.75) is 35.4 Å². The van der Waals surface area contributed by atoms with E-state index in [0.29, 0.717) is 11.3 Å². The molecule has 30 heavy (non-hydrogen) atoms. The Morgan fingerprint density at radius 2 is 1.87 bits per heavy atom. The quantitative estimate of drug-likeness (QED) is 0.395. The van der Waals surface area contributed by atoms with Gasteiger partial charge in [-0.2, -0.15) is 0 Å². The molecule has 2 aromatic heterocycles. The first-order chi connectivity index (χ1) is 14.4. The maximum atomic E-state index is 12.5. The fourth-order valence-corrected chi connectivity index (χ4v) is 5.36. The highest BCUT2D eigenvalue weighted by Gasteiger charge is 2.20. The number of sulfonamides is 1. The molecule has 0 spiro atoms. The second-order valence-electron chi connectivity index (χ2n) is 7.23. The van der Waals surface area contributed by atoms with Crippen molar-refractivity contribution >= 4 is 43.7 Å². The molecule has 0 saturated carbocycles. The number of para-hydroxylation sites is 1. The van der Waals surface area contributed by atoms with E-state index in [2.05, 4.69) is 22.5 Å².